The SMILES string of the molecule is CC(CNCC1CCCO1)COc1cccc(Cl)c1.O=C(O)C(=O)O. The van der Waals surface area contributed by atoms with Gasteiger partial charge in [-0.2, -0.15) is 0 Å². The number of halogens is 1. The summed E-state index contributed by atoms with van der Waals surface area (Å²) in [6.07, 6.45) is 2.78. The Morgan fingerprint density at radius 3 is 2.68 bits per heavy atom. The topological polar surface area (TPSA) is 105 Å². The van der Waals surface area contributed by atoms with E-state index < -0.39 is 11.9 Å². The van der Waals surface area contributed by atoms with Gasteiger partial charge in [0.2, 0.25) is 0 Å². The summed E-state index contributed by atoms with van der Waals surface area (Å²) in [5, 5.41) is 18.9. The van der Waals surface area contributed by atoms with Crippen molar-refractivity contribution in [2.75, 3.05) is 26.3 Å². The van der Waals surface area contributed by atoms with Gasteiger partial charge in [0.25, 0.3) is 0 Å². The van der Waals surface area contributed by atoms with E-state index in [2.05, 4.69) is 12.2 Å². The molecule has 2 rings (SSSR count). The van der Waals surface area contributed by atoms with Crippen LogP contribution in [0, 0.1) is 5.92 Å². The van der Waals surface area contributed by atoms with Gasteiger partial charge in [0, 0.05) is 30.6 Å². The van der Waals surface area contributed by atoms with Gasteiger partial charge in [-0.15, -0.1) is 0 Å². The largest absolute Gasteiger partial charge is 0.493 e. The van der Waals surface area contributed by atoms with Gasteiger partial charge in [0.1, 0.15) is 5.75 Å². The Morgan fingerprint density at radius 2 is 2.12 bits per heavy atom. The zero-order valence-corrected chi connectivity index (χ0v) is 14.9. The second-order valence-corrected chi connectivity index (χ2v) is 6.21. The minimum Gasteiger partial charge on any atom is -0.493 e. The number of benzene rings is 1. The average molecular weight is 374 g/mol. The van der Waals surface area contributed by atoms with Crippen LogP contribution in [-0.2, 0) is 14.3 Å². The lowest BCUT2D eigenvalue weighted by Gasteiger charge is -2.16. The molecule has 7 nitrogen and oxygen atoms in total. The second kappa shape index (κ2) is 11.7. The highest BCUT2D eigenvalue weighted by atomic mass is 35.5. The molecule has 1 aromatic carbocycles. The molecule has 1 saturated heterocycles. The van der Waals surface area contributed by atoms with Crippen LogP contribution < -0.4 is 10.1 Å². The number of aliphatic carboxylic acids is 2. The number of nitrogens with one attached hydrogen (secondary N) is 1. The van der Waals surface area contributed by atoms with Crippen LogP contribution >= 0.6 is 11.6 Å². The molecule has 2 atom stereocenters. The van der Waals surface area contributed by atoms with Crippen LogP contribution in [0.4, 0.5) is 0 Å². The third-order valence-electron chi connectivity index (χ3n) is 3.40. The molecule has 0 bridgehead atoms. The van der Waals surface area contributed by atoms with E-state index in [-0.39, 0.29) is 0 Å². The zero-order chi connectivity index (χ0) is 18.7. The standard InChI is InChI=1S/C15H22ClNO2.C2H2O4/c1-12(9-17-10-15-6-3-7-18-15)11-19-14-5-2-4-13(16)8-14;3-1(4)2(5)6/h2,4-5,8,12,15,17H,3,6-7,9-11H2,1H3;(H,3,4)(H,5,6). The molecule has 1 fully saturated rings. The Morgan fingerprint density at radius 1 is 1.40 bits per heavy atom. The summed E-state index contributed by atoms with van der Waals surface area (Å²) in [4.78, 5) is 18.2. The Labute approximate surface area is 151 Å². The summed E-state index contributed by atoms with van der Waals surface area (Å²) in [7, 11) is 0. The van der Waals surface area contributed by atoms with E-state index in [0.717, 1.165) is 25.4 Å². The van der Waals surface area contributed by atoms with Crippen LogP contribution in [-0.4, -0.2) is 54.6 Å². The Kier molecular flexibility index (Phi) is 9.91. The summed E-state index contributed by atoms with van der Waals surface area (Å²) >= 11 is 5.91. The first-order valence-electron chi connectivity index (χ1n) is 8.05. The highest BCUT2D eigenvalue weighted by molar-refractivity contribution is 6.30. The molecule has 8 heteroatoms. The molecular formula is C17H24ClNO6. The zero-order valence-electron chi connectivity index (χ0n) is 14.1. The number of hydrogen-bond acceptors (Lipinski definition) is 5. The smallest absolute Gasteiger partial charge is 0.414 e. The number of rotatable bonds is 7. The summed E-state index contributed by atoms with van der Waals surface area (Å²) in [6, 6.07) is 7.52. The van der Waals surface area contributed by atoms with Gasteiger partial charge in [-0.3, -0.25) is 0 Å². The molecule has 0 aromatic heterocycles. The van der Waals surface area contributed by atoms with Crippen LogP contribution in [0.1, 0.15) is 19.8 Å². The lowest BCUT2D eigenvalue weighted by molar-refractivity contribution is -0.159. The van der Waals surface area contributed by atoms with Crippen molar-refractivity contribution in [2.24, 2.45) is 5.92 Å². The van der Waals surface area contributed by atoms with Gasteiger partial charge < -0.3 is 25.0 Å². The van der Waals surface area contributed by atoms with Gasteiger partial charge in [0.15, 0.2) is 0 Å². The molecule has 25 heavy (non-hydrogen) atoms. The van der Waals surface area contributed by atoms with E-state index in [0.29, 0.717) is 23.7 Å². The maximum atomic E-state index is 9.10. The molecule has 0 radical (unpaired) electrons. The molecule has 3 N–H and O–H groups in total. The Bertz CT molecular complexity index is 536. The molecule has 140 valence electrons. The predicted octanol–water partition coefficient (Wildman–Crippen LogP) is 2.28. The molecule has 0 saturated carbocycles. The average Bonchev–Trinajstić information content (AvgIpc) is 3.07. The first-order chi connectivity index (χ1) is 11.9. The number of hydrogen-bond donors (Lipinski definition) is 3. The van der Waals surface area contributed by atoms with E-state index in [1.165, 1.54) is 12.8 Å². The fourth-order valence-corrected chi connectivity index (χ4v) is 2.33. The van der Waals surface area contributed by atoms with E-state index in [9.17, 15) is 0 Å². The van der Waals surface area contributed by atoms with Crippen LogP contribution in [0.15, 0.2) is 24.3 Å². The normalized spacial score (nSPS) is 17.3. The monoisotopic (exact) mass is 373 g/mol. The van der Waals surface area contributed by atoms with Crippen molar-refractivity contribution >= 4 is 23.5 Å². The van der Waals surface area contributed by atoms with Crippen LogP contribution in [0.3, 0.4) is 0 Å². The minimum absolute atomic E-state index is 0.404. The van der Waals surface area contributed by atoms with Gasteiger partial charge in [-0.05, 0) is 31.0 Å². The van der Waals surface area contributed by atoms with Crippen LogP contribution in [0.5, 0.6) is 5.75 Å². The van der Waals surface area contributed by atoms with Gasteiger partial charge in [-0.25, -0.2) is 9.59 Å². The van der Waals surface area contributed by atoms with Crippen molar-refractivity contribution in [3.63, 3.8) is 0 Å². The van der Waals surface area contributed by atoms with Gasteiger partial charge in [-0.1, -0.05) is 24.6 Å². The lowest BCUT2D eigenvalue weighted by Crippen LogP contribution is -2.31. The Hall–Kier alpha value is -1.83. The maximum absolute atomic E-state index is 9.10. The third kappa shape index (κ3) is 9.91. The number of carboxylic acids is 2. The molecule has 0 aliphatic carbocycles. The molecule has 2 unspecified atom stereocenters. The summed E-state index contributed by atoms with van der Waals surface area (Å²) in [5.41, 5.74) is 0. The predicted molar refractivity (Wildman–Crippen MR) is 93.2 cm³/mol. The number of carboxylic acid groups (broad SMARTS) is 2. The molecule has 0 amide bonds. The molecule has 0 spiro atoms. The van der Waals surface area contributed by atoms with Crippen molar-refractivity contribution in [3.8, 4) is 5.75 Å². The highest BCUT2D eigenvalue weighted by Gasteiger charge is 2.15. The van der Waals surface area contributed by atoms with Crippen molar-refractivity contribution in [2.45, 2.75) is 25.9 Å². The van der Waals surface area contributed by atoms with E-state index in [4.69, 9.17) is 40.9 Å². The van der Waals surface area contributed by atoms with Crippen LogP contribution in [0.2, 0.25) is 5.02 Å². The Balaban J connectivity index is 0.000000450. The summed E-state index contributed by atoms with van der Waals surface area (Å²) < 4.78 is 11.3. The van der Waals surface area contributed by atoms with E-state index in [1.54, 1.807) is 0 Å². The second-order valence-electron chi connectivity index (χ2n) is 5.78. The number of carbonyl (C=O) groups is 2. The molecule has 1 aromatic rings. The van der Waals surface area contributed by atoms with Crippen LogP contribution in [0.25, 0.3) is 0 Å². The molecule has 1 aliphatic rings. The third-order valence-corrected chi connectivity index (χ3v) is 3.64. The van der Waals surface area contributed by atoms with Crippen molar-refractivity contribution in [1.82, 2.24) is 5.32 Å². The van der Waals surface area contributed by atoms with E-state index in [1.807, 2.05) is 24.3 Å². The fraction of sp³-hybridized carbons (Fsp3) is 0.529. The quantitative estimate of drug-likeness (QED) is 0.629. The van der Waals surface area contributed by atoms with E-state index >= 15 is 0 Å². The van der Waals surface area contributed by atoms with Crippen molar-refractivity contribution in [3.05, 3.63) is 29.3 Å². The maximum Gasteiger partial charge on any atom is 0.414 e. The fourth-order valence-electron chi connectivity index (χ4n) is 2.15. The van der Waals surface area contributed by atoms with Gasteiger partial charge >= 0.3 is 11.9 Å². The van der Waals surface area contributed by atoms with Crippen molar-refractivity contribution < 1.29 is 29.3 Å². The summed E-state index contributed by atoms with van der Waals surface area (Å²) in [6.45, 7) is 5.67. The molecular weight excluding hydrogens is 350 g/mol. The molecule has 1 aliphatic heterocycles. The lowest BCUT2D eigenvalue weighted by atomic mass is 10.2. The minimum atomic E-state index is -1.82. The highest BCUT2D eigenvalue weighted by Crippen LogP contribution is 2.17. The number of ether oxygens (including phenoxy) is 2. The first kappa shape index (κ1) is 21.2. The van der Waals surface area contributed by atoms with Gasteiger partial charge in [0.05, 0.1) is 12.7 Å². The van der Waals surface area contributed by atoms with Crippen molar-refractivity contribution in [1.29, 1.82) is 0 Å². The summed E-state index contributed by atoms with van der Waals surface area (Å²) in [5.74, 6) is -2.36. The first-order valence-corrected chi connectivity index (χ1v) is 8.43. The molecule has 1 heterocycles.